The van der Waals surface area contributed by atoms with E-state index in [0.717, 1.165) is 6.20 Å². The molecule has 0 unspecified atom stereocenters. The molecule has 0 bridgehead atoms. The van der Waals surface area contributed by atoms with Crippen molar-refractivity contribution < 1.29 is 19.7 Å². The minimum absolute atomic E-state index is 0.169. The molecular weight excluding hydrogens is 320 g/mol. The maximum absolute atomic E-state index is 11.8. The molecule has 104 valence electrons. The number of hydrogen-bond acceptors (Lipinski definition) is 5. The molecule has 0 radical (unpaired) electrons. The van der Waals surface area contributed by atoms with E-state index in [2.05, 4.69) is 22.5 Å². The van der Waals surface area contributed by atoms with Gasteiger partial charge in [0.05, 0.1) is 23.4 Å². The Morgan fingerprint density at radius 2 is 2.42 bits per heavy atom. The summed E-state index contributed by atoms with van der Waals surface area (Å²) in [6.45, 7) is 3.25. The monoisotopic (exact) mass is 332 g/mol. The fourth-order valence-corrected chi connectivity index (χ4v) is 2.23. The molecule has 1 saturated heterocycles. The Hall–Kier alpha value is -1.22. The van der Waals surface area contributed by atoms with Gasteiger partial charge in [0.15, 0.2) is 0 Å². The second-order valence-electron chi connectivity index (χ2n) is 4.23. The van der Waals surface area contributed by atoms with Crippen LogP contribution in [0, 0.1) is 5.21 Å². The maximum Gasteiger partial charge on any atom is 0.318 e. The number of aliphatic hydroxyl groups excluding tert-OH is 2. The highest BCUT2D eigenvalue weighted by Gasteiger charge is 2.35. The first-order chi connectivity index (χ1) is 8.93. The first kappa shape index (κ1) is 14.2. The van der Waals surface area contributed by atoms with Crippen molar-refractivity contribution in [3.63, 3.8) is 0 Å². The predicted molar refractivity (Wildman–Crippen MR) is 69.2 cm³/mol. The van der Waals surface area contributed by atoms with Crippen LogP contribution in [0.15, 0.2) is 23.8 Å². The van der Waals surface area contributed by atoms with Crippen LogP contribution in [0.3, 0.4) is 0 Å². The Bertz CT molecular complexity index is 559. The lowest BCUT2D eigenvalue weighted by atomic mass is 10.2. The SMILES string of the molecule is C=C(Br)c1cn([C@H]2C[C@H](O)[C@@H](CO)O2)c(=O)c[n+]1[O-]. The van der Waals surface area contributed by atoms with Crippen molar-refractivity contribution in [2.45, 2.75) is 24.9 Å². The highest BCUT2D eigenvalue weighted by molar-refractivity contribution is 9.15. The number of aliphatic hydroxyl groups is 2. The first-order valence-electron chi connectivity index (χ1n) is 5.58. The van der Waals surface area contributed by atoms with Gasteiger partial charge in [-0.25, -0.2) is 0 Å². The molecule has 1 aliphatic rings. The van der Waals surface area contributed by atoms with Crippen LogP contribution in [-0.2, 0) is 4.74 Å². The second kappa shape index (κ2) is 5.41. The minimum atomic E-state index is -0.850. The largest absolute Gasteiger partial charge is 0.618 e. The number of nitrogens with zero attached hydrogens (tertiary/aromatic N) is 2. The molecule has 1 aliphatic heterocycles. The molecule has 0 spiro atoms. The minimum Gasteiger partial charge on any atom is -0.618 e. The van der Waals surface area contributed by atoms with Gasteiger partial charge < -0.3 is 20.2 Å². The van der Waals surface area contributed by atoms with Crippen molar-refractivity contribution in [1.82, 2.24) is 4.57 Å². The van der Waals surface area contributed by atoms with E-state index >= 15 is 0 Å². The molecule has 0 amide bonds. The summed E-state index contributed by atoms with van der Waals surface area (Å²) in [6, 6.07) is 0. The molecule has 3 atom stereocenters. The summed E-state index contributed by atoms with van der Waals surface area (Å²) < 4.78 is 7.31. The summed E-state index contributed by atoms with van der Waals surface area (Å²) >= 11 is 3.08. The van der Waals surface area contributed by atoms with Crippen LogP contribution >= 0.6 is 15.9 Å². The Kier molecular flexibility index (Phi) is 4.04. The van der Waals surface area contributed by atoms with Gasteiger partial charge in [-0.2, -0.15) is 4.73 Å². The molecule has 0 saturated carbocycles. The van der Waals surface area contributed by atoms with E-state index in [1.165, 1.54) is 10.8 Å². The Morgan fingerprint density at radius 3 is 2.95 bits per heavy atom. The third-order valence-corrected chi connectivity index (χ3v) is 3.36. The van der Waals surface area contributed by atoms with Gasteiger partial charge in [-0.1, -0.05) is 6.58 Å². The summed E-state index contributed by atoms with van der Waals surface area (Å²) in [7, 11) is 0. The van der Waals surface area contributed by atoms with Gasteiger partial charge in [0.25, 0.3) is 0 Å². The number of hydrogen-bond donors (Lipinski definition) is 2. The van der Waals surface area contributed by atoms with Gasteiger partial charge in [-0.3, -0.25) is 9.36 Å². The van der Waals surface area contributed by atoms with Crippen molar-refractivity contribution >= 4 is 20.4 Å². The van der Waals surface area contributed by atoms with Crippen LogP contribution in [0.1, 0.15) is 18.3 Å². The van der Waals surface area contributed by atoms with Gasteiger partial charge in [0.2, 0.25) is 11.9 Å². The van der Waals surface area contributed by atoms with Gasteiger partial charge in [0.1, 0.15) is 12.3 Å². The van der Waals surface area contributed by atoms with Gasteiger partial charge >= 0.3 is 5.56 Å². The van der Waals surface area contributed by atoms with Gasteiger partial charge in [-0.05, 0) is 15.9 Å². The lowest BCUT2D eigenvalue weighted by Gasteiger charge is -2.15. The normalized spacial score (nSPS) is 26.6. The number of halogens is 1. The fourth-order valence-electron chi connectivity index (χ4n) is 1.95. The molecule has 0 aromatic carbocycles. The molecule has 19 heavy (non-hydrogen) atoms. The number of aromatic nitrogens is 2. The Morgan fingerprint density at radius 1 is 1.74 bits per heavy atom. The highest BCUT2D eigenvalue weighted by atomic mass is 79.9. The summed E-state index contributed by atoms with van der Waals surface area (Å²) in [6.07, 6.45) is 0.0471. The number of ether oxygens (including phenoxy) is 1. The van der Waals surface area contributed by atoms with Crippen LogP contribution in [0.5, 0.6) is 0 Å². The molecule has 2 rings (SSSR count). The van der Waals surface area contributed by atoms with E-state index in [4.69, 9.17) is 9.84 Å². The molecule has 1 aromatic rings. The van der Waals surface area contributed by atoms with E-state index in [1.807, 2.05) is 0 Å². The third-order valence-electron chi connectivity index (χ3n) is 2.95. The van der Waals surface area contributed by atoms with E-state index in [9.17, 15) is 15.1 Å². The Balaban J connectivity index is 2.38. The third kappa shape index (κ3) is 2.71. The van der Waals surface area contributed by atoms with Crippen LogP contribution < -0.4 is 10.3 Å². The molecule has 2 heterocycles. The molecular formula is C11H13BrN2O5. The predicted octanol–water partition coefficient (Wildman–Crippen LogP) is -0.512. The number of rotatable bonds is 3. The van der Waals surface area contributed by atoms with E-state index < -0.39 is 24.0 Å². The van der Waals surface area contributed by atoms with Crippen molar-refractivity contribution in [1.29, 1.82) is 0 Å². The molecule has 7 nitrogen and oxygen atoms in total. The second-order valence-corrected chi connectivity index (χ2v) is 5.19. The highest BCUT2D eigenvalue weighted by Crippen LogP contribution is 2.27. The van der Waals surface area contributed by atoms with Crippen molar-refractivity contribution in [3.05, 3.63) is 40.2 Å². The van der Waals surface area contributed by atoms with E-state index in [0.29, 0.717) is 9.21 Å². The summed E-state index contributed by atoms with van der Waals surface area (Å²) in [4.78, 5) is 11.8. The average molecular weight is 333 g/mol. The Labute approximate surface area is 117 Å². The zero-order chi connectivity index (χ0) is 14.2. The van der Waals surface area contributed by atoms with E-state index in [1.54, 1.807) is 0 Å². The van der Waals surface area contributed by atoms with Crippen LogP contribution in [0.2, 0.25) is 0 Å². The lowest BCUT2D eigenvalue weighted by Crippen LogP contribution is -2.40. The lowest BCUT2D eigenvalue weighted by molar-refractivity contribution is -0.609. The van der Waals surface area contributed by atoms with Crippen LogP contribution in [0.4, 0.5) is 0 Å². The molecule has 8 heteroatoms. The quantitative estimate of drug-likeness (QED) is 0.573. The molecule has 1 aromatic heterocycles. The summed E-state index contributed by atoms with van der Waals surface area (Å²) in [5.74, 6) is 0. The molecule has 0 aliphatic carbocycles. The van der Waals surface area contributed by atoms with Crippen molar-refractivity contribution in [2.75, 3.05) is 6.61 Å². The van der Waals surface area contributed by atoms with Gasteiger partial charge in [-0.15, -0.1) is 0 Å². The zero-order valence-corrected chi connectivity index (χ0v) is 11.5. The maximum atomic E-state index is 11.8. The van der Waals surface area contributed by atoms with Crippen molar-refractivity contribution in [3.8, 4) is 0 Å². The fraction of sp³-hybridized carbons (Fsp3) is 0.455. The van der Waals surface area contributed by atoms with Crippen molar-refractivity contribution in [2.24, 2.45) is 0 Å². The van der Waals surface area contributed by atoms with E-state index in [-0.39, 0.29) is 18.7 Å². The standard InChI is InChI=1S/C11H13BrN2O5/c1-6(12)7-3-13(10(17)4-14(7)18)11-2-8(16)9(5-15)19-11/h3-4,8-9,11,15-16H,1-2,5H2/t8-,9+,11+/m0/s1. The van der Waals surface area contributed by atoms with Gasteiger partial charge in [0, 0.05) is 6.42 Å². The summed E-state index contributed by atoms with van der Waals surface area (Å²) in [5, 5.41) is 30.2. The summed E-state index contributed by atoms with van der Waals surface area (Å²) in [5.41, 5.74) is -0.381. The molecule has 1 fully saturated rings. The zero-order valence-electron chi connectivity index (χ0n) is 9.90. The van der Waals surface area contributed by atoms with Crippen LogP contribution in [0.25, 0.3) is 4.48 Å². The van der Waals surface area contributed by atoms with Crippen LogP contribution in [-0.4, -0.2) is 33.6 Å². The topological polar surface area (TPSA) is 98.6 Å². The smallest absolute Gasteiger partial charge is 0.318 e. The first-order valence-corrected chi connectivity index (χ1v) is 6.38. The average Bonchev–Trinajstić information content (AvgIpc) is 2.69. The molecule has 2 N–H and O–H groups in total.